The third-order valence-corrected chi connectivity index (χ3v) is 4.21. The molecule has 0 bridgehead atoms. The fourth-order valence-corrected chi connectivity index (χ4v) is 3.29. The number of hydrogen-bond donors (Lipinski definition) is 1. The van der Waals surface area contributed by atoms with Crippen LogP contribution >= 0.6 is 15.9 Å². The fourth-order valence-electron chi connectivity index (χ4n) is 2.74. The Labute approximate surface area is 133 Å². The molecule has 1 aliphatic rings. The van der Waals surface area contributed by atoms with E-state index in [9.17, 15) is 0 Å². The number of fused-ring (bicyclic) bond motifs is 1. The van der Waals surface area contributed by atoms with Gasteiger partial charge in [-0.2, -0.15) is 0 Å². The molecule has 0 radical (unpaired) electrons. The lowest BCUT2D eigenvalue weighted by atomic mass is 10.1. The summed E-state index contributed by atoms with van der Waals surface area (Å²) in [6.07, 6.45) is 4.82. The molecule has 0 saturated carbocycles. The first-order chi connectivity index (χ1) is 10.1. The summed E-state index contributed by atoms with van der Waals surface area (Å²) in [6.45, 7) is 6.73. The molecule has 1 N–H and O–H groups in total. The molecule has 1 aliphatic heterocycles. The summed E-state index contributed by atoms with van der Waals surface area (Å²) in [5.41, 5.74) is 3.72. The van der Waals surface area contributed by atoms with Crippen LogP contribution in [-0.4, -0.2) is 16.2 Å². The minimum absolute atomic E-state index is 0.433. The van der Waals surface area contributed by atoms with Crippen molar-refractivity contribution in [1.82, 2.24) is 14.9 Å². The van der Waals surface area contributed by atoms with E-state index < -0.39 is 0 Å². The van der Waals surface area contributed by atoms with E-state index >= 15 is 0 Å². The van der Waals surface area contributed by atoms with Crippen LogP contribution in [0.4, 0.5) is 0 Å². The molecular weight excluding hydrogens is 330 g/mol. The number of rotatable bonds is 5. The maximum atomic E-state index is 5.76. The minimum Gasteiger partial charge on any atom is -0.493 e. The van der Waals surface area contributed by atoms with Crippen LogP contribution in [0.5, 0.6) is 5.75 Å². The highest BCUT2D eigenvalue weighted by Crippen LogP contribution is 2.32. The highest BCUT2D eigenvalue weighted by atomic mass is 79.9. The zero-order valence-electron chi connectivity index (χ0n) is 12.4. The van der Waals surface area contributed by atoms with Gasteiger partial charge in [-0.3, -0.25) is 0 Å². The second kappa shape index (κ2) is 6.20. The van der Waals surface area contributed by atoms with Gasteiger partial charge in [-0.1, -0.05) is 15.9 Å². The SMILES string of the molecule is CC(C)n1cncc1CNCc1cc(Br)cc2c1OCC2. The zero-order chi connectivity index (χ0) is 14.8. The van der Waals surface area contributed by atoms with E-state index in [2.05, 4.69) is 56.8 Å². The van der Waals surface area contributed by atoms with Crippen LogP contribution in [0.3, 0.4) is 0 Å². The quantitative estimate of drug-likeness (QED) is 0.898. The van der Waals surface area contributed by atoms with E-state index in [1.807, 2.05) is 12.5 Å². The van der Waals surface area contributed by atoms with Crippen molar-refractivity contribution >= 4 is 15.9 Å². The molecule has 0 aliphatic carbocycles. The van der Waals surface area contributed by atoms with Crippen LogP contribution in [0, 0.1) is 0 Å². The molecule has 0 amide bonds. The number of nitrogens with one attached hydrogen (secondary N) is 1. The summed E-state index contributed by atoms with van der Waals surface area (Å²) in [5, 5.41) is 3.49. The molecule has 2 aromatic rings. The molecule has 0 spiro atoms. The third-order valence-electron chi connectivity index (χ3n) is 3.75. The van der Waals surface area contributed by atoms with Gasteiger partial charge >= 0.3 is 0 Å². The zero-order valence-corrected chi connectivity index (χ0v) is 14.0. The van der Waals surface area contributed by atoms with E-state index in [0.29, 0.717) is 6.04 Å². The second-order valence-electron chi connectivity index (χ2n) is 5.64. The van der Waals surface area contributed by atoms with Gasteiger partial charge in [0, 0.05) is 41.8 Å². The van der Waals surface area contributed by atoms with E-state index in [1.54, 1.807) is 0 Å². The summed E-state index contributed by atoms with van der Waals surface area (Å²) in [6, 6.07) is 4.72. The average Bonchev–Trinajstić information content (AvgIpc) is 3.06. The van der Waals surface area contributed by atoms with Crippen molar-refractivity contribution in [3.8, 4) is 5.75 Å². The maximum Gasteiger partial charge on any atom is 0.127 e. The van der Waals surface area contributed by atoms with Gasteiger partial charge in [-0.15, -0.1) is 0 Å². The van der Waals surface area contributed by atoms with Gasteiger partial charge in [-0.05, 0) is 31.5 Å². The maximum absolute atomic E-state index is 5.76. The van der Waals surface area contributed by atoms with E-state index in [0.717, 1.165) is 36.3 Å². The van der Waals surface area contributed by atoms with Crippen molar-refractivity contribution in [3.63, 3.8) is 0 Å². The van der Waals surface area contributed by atoms with Crippen molar-refractivity contribution in [3.05, 3.63) is 46.0 Å². The van der Waals surface area contributed by atoms with E-state index in [1.165, 1.54) is 16.8 Å². The lowest BCUT2D eigenvalue weighted by molar-refractivity contribution is 0.352. The Kier molecular flexibility index (Phi) is 4.31. The Morgan fingerprint density at radius 1 is 1.38 bits per heavy atom. The lowest BCUT2D eigenvalue weighted by Crippen LogP contribution is -2.17. The van der Waals surface area contributed by atoms with Crippen molar-refractivity contribution in [2.24, 2.45) is 0 Å². The number of ether oxygens (including phenoxy) is 1. The normalized spacial score (nSPS) is 13.5. The van der Waals surface area contributed by atoms with Crippen molar-refractivity contribution < 1.29 is 4.74 Å². The van der Waals surface area contributed by atoms with Gasteiger partial charge in [0.2, 0.25) is 0 Å². The third kappa shape index (κ3) is 3.14. The first-order valence-electron chi connectivity index (χ1n) is 7.30. The molecule has 5 heteroatoms. The standard InChI is InChI=1S/C16H20BrN3O/c1-11(2)20-10-19-9-15(20)8-18-7-13-6-14(17)5-12-3-4-21-16(12)13/h5-6,9-11,18H,3-4,7-8H2,1-2H3. The molecule has 21 heavy (non-hydrogen) atoms. The monoisotopic (exact) mass is 349 g/mol. The van der Waals surface area contributed by atoms with Gasteiger partial charge < -0.3 is 14.6 Å². The number of nitrogens with zero attached hydrogens (tertiary/aromatic N) is 2. The number of hydrogen-bond acceptors (Lipinski definition) is 3. The average molecular weight is 350 g/mol. The van der Waals surface area contributed by atoms with E-state index in [4.69, 9.17) is 4.74 Å². The Morgan fingerprint density at radius 2 is 2.24 bits per heavy atom. The molecule has 0 unspecified atom stereocenters. The summed E-state index contributed by atoms with van der Waals surface area (Å²) in [5.74, 6) is 1.06. The summed E-state index contributed by atoms with van der Waals surface area (Å²) < 4.78 is 9.07. The number of halogens is 1. The molecule has 3 rings (SSSR count). The largest absolute Gasteiger partial charge is 0.493 e. The van der Waals surface area contributed by atoms with Crippen LogP contribution in [0.25, 0.3) is 0 Å². The molecule has 2 heterocycles. The van der Waals surface area contributed by atoms with Crippen molar-refractivity contribution in [2.75, 3.05) is 6.61 Å². The topological polar surface area (TPSA) is 39.1 Å². The molecule has 1 aromatic heterocycles. The van der Waals surface area contributed by atoms with Gasteiger partial charge in [0.1, 0.15) is 5.75 Å². The Bertz CT molecular complexity index is 636. The Hall–Kier alpha value is -1.33. The summed E-state index contributed by atoms with van der Waals surface area (Å²) in [4.78, 5) is 4.23. The lowest BCUT2D eigenvalue weighted by Gasteiger charge is -2.13. The first-order valence-corrected chi connectivity index (χ1v) is 8.10. The summed E-state index contributed by atoms with van der Waals surface area (Å²) in [7, 11) is 0. The Balaban J connectivity index is 1.67. The molecule has 112 valence electrons. The van der Waals surface area contributed by atoms with Crippen LogP contribution in [0.15, 0.2) is 29.1 Å². The van der Waals surface area contributed by atoms with Crippen LogP contribution in [0.1, 0.15) is 36.7 Å². The van der Waals surface area contributed by atoms with Crippen LogP contribution in [0.2, 0.25) is 0 Å². The molecular formula is C16H20BrN3O. The first kappa shape index (κ1) is 14.6. The number of aromatic nitrogens is 2. The molecule has 1 aromatic carbocycles. The van der Waals surface area contributed by atoms with Crippen molar-refractivity contribution in [2.45, 2.75) is 39.4 Å². The van der Waals surface area contributed by atoms with Gasteiger partial charge in [-0.25, -0.2) is 4.98 Å². The fraction of sp³-hybridized carbons (Fsp3) is 0.438. The van der Waals surface area contributed by atoms with Crippen LogP contribution < -0.4 is 10.1 Å². The minimum atomic E-state index is 0.433. The number of imidazole rings is 1. The molecule has 4 nitrogen and oxygen atoms in total. The smallest absolute Gasteiger partial charge is 0.127 e. The van der Waals surface area contributed by atoms with Gasteiger partial charge in [0.15, 0.2) is 0 Å². The predicted molar refractivity (Wildman–Crippen MR) is 86.5 cm³/mol. The van der Waals surface area contributed by atoms with Crippen LogP contribution in [-0.2, 0) is 19.5 Å². The van der Waals surface area contributed by atoms with Gasteiger partial charge in [0.25, 0.3) is 0 Å². The molecule has 0 saturated heterocycles. The summed E-state index contributed by atoms with van der Waals surface area (Å²) >= 11 is 3.58. The van der Waals surface area contributed by atoms with E-state index in [-0.39, 0.29) is 0 Å². The second-order valence-corrected chi connectivity index (χ2v) is 6.56. The van der Waals surface area contributed by atoms with Gasteiger partial charge in [0.05, 0.1) is 18.6 Å². The molecule has 0 fully saturated rings. The molecule has 0 atom stereocenters. The Morgan fingerprint density at radius 3 is 3.05 bits per heavy atom. The number of benzene rings is 1. The highest BCUT2D eigenvalue weighted by Gasteiger charge is 2.17. The van der Waals surface area contributed by atoms with Crippen molar-refractivity contribution in [1.29, 1.82) is 0 Å². The predicted octanol–water partition coefficient (Wildman–Crippen LogP) is 3.45. The highest BCUT2D eigenvalue weighted by molar-refractivity contribution is 9.10.